The molecule has 90 valence electrons. The lowest BCUT2D eigenvalue weighted by atomic mass is 10.2. The third kappa shape index (κ3) is 2.70. The van der Waals surface area contributed by atoms with E-state index in [9.17, 15) is 0 Å². The molecule has 16 heavy (non-hydrogen) atoms. The SMILES string of the molecule is CCOC(C)c1nc(CC)c(C)c(NC)n1. The largest absolute Gasteiger partial charge is 0.373 e. The van der Waals surface area contributed by atoms with E-state index in [0.717, 1.165) is 29.3 Å². The molecule has 1 aromatic rings. The summed E-state index contributed by atoms with van der Waals surface area (Å²) in [6.07, 6.45) is 0.859. The molecule has 1 rings (SSSR count). The number of aromatic nitrogens is 2. The molecule has 1 heterocycles. The zero-order chi connectivity index (χ0) is 12.1. The third-order valence-electron chi connectivity index (χ3n) is 2.62. The zero-order valence-electron chi connectivity index (χ0n) is 10.8. The fourth-order valence-electron chi connectivity index (χ4n) is 1.68. The lowest BCUT2D eigenvalue weighted by Crippen LogP contribution is -2.11. The molecule has 4 nitrogen and oxygen atoms in total. The molecule has 0 radical (unpaired) electrons. The summed E-state index contributed by atoms with van der Waals surface area (Å²) >= 11 is 0. The molecule has 0 spiro atoms. The fourth-order valence-corrected chi connectivity index (χ4v) is 1.68. The summed E-state index contributed by atoms with van der Waals surface area (Å²) in [5, 5.41) is 3.10. The Labute approximate surface area is 97.5 Å². The van der Waals surface area contributed by atoms with E-state index in [4.69, 9.17) is 4.74 Å². The maximum Gasteiger partial charge on any atom is 0.159 e. The van der Waals surface area contributed by atoms with Gasteiger partial charge in [0.1, 0.15) is 11.9 Å². The first-order valence-corrected chi connectivity index (χ1v) is 5.80. The van der Waals surface area contributed by atoms with Crippen LogP contribution in [0.2, 0.25) is 0 Å². The van der Waals surface area contributed by atoms with Crippen molar-refractivity contribution in [2.75, 3.05) is 19.0 Å². The Morgan fingerprint density at radius 3 is 2.50 bits per heavy atom. The molecule has 1 unspecified atom stereocenters. The minimum atomic E-state index is -0.0528. The highest BCUT2D eigenvalue weighted by molar-refractivity contribution is 5.45. The van der Waals surface area contributed by atoms with Crippen molar-refractivity contribution in [2.24, 2.45) is 0 Å². The topological polar surface area (TPSA) is 47.0 Å². The van der Waals surface area contributed by atoms with Crippen molar-refractivity contribution in [2.45, 2.75) is 40.2 Å². The Morgan fingerprint density at radius 1 is 1.31 bits per heavy atom. The van der Waals surface area contributed by atoms with Crippen molar-refractivity contribution >= 4 is 5.82 Å². The second-order valence-electron chi connectivity index (χ2n) is 3.70. The van der Waals surface area contributed by atoms with E-state index in [-0.39, 0.29) is 6.10 Å². The van der Waals surface area contributed by atoms with Gasteiger partial charge in [0.15, 0.2) is 5.82 Å². The zero-order valence-corrected chi connectivity index (χ0v) is 10.8. The Hall–Kier alpha value is -1.16. The van der Waals surface area contributed by atoms with Gasteiger partial charge in [-0.25, -0.2) is 9.97 Å². The Balaban J connectivity index is 3.11. The van der Waals surface area contributed by atoms with Crippen LogP contribution >= 0.6 is 0 Å². The van der Waals surface area contributed by atoms with E-state index in [1.54, 1.807) is 0 Å². The molecule has 0 aliphatic carbocycles. The summed E-state index contributed by atoms with van der Waals surface area (Å²) in [6, 6.07) is 0. The number of aryl methyl sites for hydroxylation is 1. The van der Waals surface area contributed by atoms with Gasteiger partial charge in [-0.05, 0) is 27.2 Å². The summed E-state index contributed by atoms with van der Waals surface area (Å²) in [6.45, 7) is 8.77. The van der Waals surface area contributed by atoms with Crippen LogP contribution in [0.3, 0.4) is 0 Å². The first-order valence-electron chi connectivity index (χ1n) is 5.80. The van der Waals surface area contributed by atoms with E-state index < -0.39 is 0 Å². The van der Waals surface area contributed by atoms with Crippen molar-refractivity contribution in [3.8, 4) is 0 Å². The van der Waals surface area contributed by atoms with Crippen molar-refractivity contribution in [1.82, 2.24) is 9.97 Å². The average Bonchev–Trinajstić information content (AvgIpc) is 2.29. The standard InChI is InChI=1S/C12H21N3O/c1-6-10-8(3)11(13-5)15-12(14-10)9(4)16-7-2/h9H,6-7H2,1-5H3,(H,13,14,15). The van der Waals surface area contributed by atoms with E-state index in [1.165, 1.54) is 0 Å². The highest BCUT2D eigenvalue weighted by atomic mass is 16.5. The van der Waals surface area contributed by atoms with Gasteiger partial charge in [-0.15, -0.1) is 0 Å². The Morgan fingerprint density at radius 2 is 2.00 bits per heavy atom. The normalized spacial score (nSPS) is 12.6. The van der Waals surface area contributed by atoms with Crippen LogP contribution < -0.4 is 5.32 Å². The second kappa shape index (κ2) is 5.80. The molecule has 0 saturated carbocycles. The number of hydrogen-bond donors (Lipinski definition) is 1. The minimum absolute atomic E-state index is 0.0528. The predicted molar refractivity (Wildman–Crippen MR) is 65.7 cm³/mol. The number of nitrogens with zero attached hydrogens (tertiary/aromatic N) is 2. The number of nitrogens with one attached hydrogen (secondary N) is 1. The molecule has 0 aliphatic heterocycles. The minimum Gasteiger partial charge on any atom is -0.373 e. The molecule has 0 aliphatic rings. The highest BCUT2D eigenvalue weighted by Crippen LogP contribution is 2.20. The van der Waals surface area contributed by atoms with E-state index in [1.807, 2.05) is 27.8 Å². The van der Waals surface area contributed by atoms with Gasteiger partial charge in [-0.2, -0.15) is 0 Å². The van der Waals surface area contributed by atoms with Crippen molar-refractivity contribution in [3.63, 3.8) is 0 Å². The molecule has 0 bridgehead atoms. The van der Waals surface area contributed by atoms with Gasteiger partial charge in [0, 0.05) is 24.9 Å². The number of rotatable bonds is 5. The molecular formula is C12H21N3O. The third-order valence-corrected chi connectivity index (χ3v) is 2.62. The van der Waals surface area contributed by atoms with Crippen LogP contribution in [0.5, 0.6) is 0 Å². The Bertz CT molecular complexity index is 327. The molecule has 1 N–H and O–H groups in total. The first-order chi connectivity index (χ1) is 7.63. The molecule has 1 aromatic heterocycles. The fraction of sp³-hybridized carbons (Fsp3) is 0.667. The van der Waals surface area contributed by atoms with E-state index in [0.29, 0.717) is 6.61 Å². The Kier molecular flexibility index (Phi) is 4.68. The smallest absolute Gasteiger partial charge is 0.159 e. The number of hydrogen-bond acceptors (Lipinski definition) is 4. The van der Waals surface area contributed by atoms with Crippen LogP contribution in [0, 0.1) is 6.92 Å². The molecule has 4 heteroatoms. The van der Waals surface area contributed by atoms with Gasteiger partial charge in [-0.1, -0.05) is 6.92 Å². The summed E-state index contributed by atoms with van der Waals surface area (Å²) < 4.78 is 5.51. The molecule has 0 saturated heterocycles. The lowest BCUT2D eigenvalue weighted by Gasteiger charge is -2.15. The first kappa shape index (κ1) is 12.9. The van der Waals surface area contributed by atoms with Crippen LogP contribution in [0.15, 0.2) is 0 Å². The second-order valence-corrected chi connectivity index (χ2v) is 3.70. The van der Waals surface area contributed by atoms with Gasteiger partial charge in [0.2, 0.25) is 0 Å². The predicted octanol–water partition coefficient (Wildman–Crippen LogP) is 2.49. The summed E-state index contributed by atoms with van der Waals surface area (Å²) in [7, 11) is 1.88. The van der Waals surface area contributed by atoms with Gasteiger partial charge in [0.25, 0.3) is 0 Å². The van der Waals surface area contributed by atoms with Crippen LogP contribution in [0.25, 0.3) is 0 Å². The van der Waals surface area contributed by atoms with Crippen molar-refractivity contribution in [3.05, 3.63) is 17.1 Å². The summed E-state index contributed by atoms with van der Waals surface area (Å²) in [4.78, 5) is 9.01. The monoisotopic (exact) mass is 223 g/mol. The molecule has 0 fully saturated rings. The van der Waals surface area contributed by atoms with Crippen LogP contribution in [-0.2, 0) is 11.2 Å². The maximum atomic E-state index is 5.51. The molecule has 1 atom stereocenters. The van der Waals surface area contributed by atoms with Gasteiger partial charge in [-0.3, -0.25) is 0 Å². The number of anilines is 1. The maximum absolute atomic E-state index is 5.51. The van der Waals surface area contributed by atoms with Gasteiger partial charge in [0.05, 0.1) is 0 Å². The average molecular weight is 223 g/mol. The van der Waals surface area contributed by atoms with Crippen LogP contribution in [-0.4, -0.2) is 23.6 Å². The van der Waals surface area contributed by atoms with Crippen molar-refractivity contribution < 1.29 is 4.74 Å². The number of ether oxygens (including phenoxy) is 1. The molecular weight excluding hydrogens is 202 g/mol. The highest BCUT2D eigenvalue weighted by Gasteiger charge is 2.13. The quantitative estimate of drug-likeness (QED) is 0.833. The van der Waals surface area contributed by atoms with Gasteiger partial charge < -0.3 is 10.1 Å². The van der Waals surface area contributed by atoms with E-state index >= 15 is 0 Å². The van der Waals surface area contributed by atoms with Crippen molar-refractivity contribution in [1.29, 1.82) is 0 Å². The van der Waals surface area contributed by atoms with E-state index in [2.05, 4.69) is 22.2 Å². The van der Waals surface area contributed by atoms with Gasteiger partial charge >= 0.3 is 0 Å². The molecule has 0 amide bonds. The van der Waals surface area contributed by atoms with Crippen LogP contribution in [0.1, 0.15) is 44.0 Å². The molecule has 0 aromatic carbocycles. The van der Waals surface area contributed by atoms with Crippen LogP contribution in [0.4, 0.5) is 5.82 Å². The lowest BCUT2D eigenvalue weighted by molar-refractivity contribution is 0.0700. The summed E-state index contributed by atoms with van der Waals surface area (Å²) in [5.41, 5.74) is 2.21. The summed E-state index contributed by atoms with van der Waals surface area (Å²) in [5.74, 6) is 1.65.